The molecule has 1 saturated heterocycles. The minimum absolute atomic E-state index is 0.0753. The predicted molar refractivity (Wildman–Crippen MR) is 76.9 cm³/mol. The largest absolute Gasteiger partial charge is 0.384 e. The number of amidine groups is 1. The van der Waals surface area contributed by atoms with Crippen LogP contribution < -0.4 is 10.6 Å². The van der Waals surface area contributed by atoms with Crippen molar-refractivity contribution in [2.75, 3.05) is 18.1 Å². The van der Waals surface area contributed by atoms with Crippen LogP contribution in [0.1, 0.15) is 30.7 Å². The van der Waals surface area contributed by atoms with E-state index in [1.807, 2.05) is 19.9 Å². The zero-order valence-electron chi connectivity index (χ0n) is 12.0. The van der Waals surface area contributed by atoms with Crippen molar-refractivity contribution < 1.29 is 4.74 Å². The van der Waals surface area contributed by atoms with Crippen LogP contribution in [0.25, 0.3) is 0 Å². The van der Waals surface area contributed by atoms with Gasteiger partial charge in [-0.05, 0) is 39.3 Å². The maximum absolute atomic E-state index is 7.80. The van der Waals surface area contributed by atoms with Crippen molar-refractivity contribution in [1.82, 2.24) is 4.98 Å². The predicted octanol–water partition coefficient (Wildman–Crippen LogP) is 1.60. The van der Waals surface area contributed by atoms with Crippen LogP contribution in [-0.4, -0.2) is 36.1 Å². The molecule has 1 aromatic rings. The number of aryl methyl sites for hydroxylation is 2. The lowest BCUT2D eigenvalue weighted by molar-refractivity contribution is 0.0340. The Morgan fingerprint density at radius 2 is 2.16 bits per heavy atom. The van der Waals surface area contributed by atoms with Gasteiger partial charge >= 0.3 is 0 Å². The Labute approximate surface area is 114 Å². The van der Waals surface area contributed by atoms with Gasteiger partial charge in [-0.3, -0.25) is 5.41 Å². The molecule has 0 aromatic carbocycles. The molecule has 0 spiro atoms. The maximum atomic E-state index is 7.80. The average Bonchev–Trinajstić information content (AvgIpc) is 2.30. The van der Waals surface area contributed by atoms with Gasteiger partial charge in [-0.1, -0.05) is 0 Å². The number of nitrogens with zero attached hydrogens (tertiary/aromatic N) is 2. The number of pyridine rings is 1. The van der Waals surface area contributed by atoms with Gasteiger partial charge in [0.1, 0.15) is 11.7 Å². The first-order chi connectivity index (χ1) is 8.90. The first kappa shape index (κ1) is 13.8. The third-order valence-corrected chi connectivity index (χ3v) is 3.47. The summed E-state index contributed by atoms with van der Waals surface area (Å²) in [4.78, 5) is 6.81. The van der Waals surface area contributed by atoms with Crippen LogP contribution in [-0.2, 0) is 4.74 Å². The van der Waals surface area contributed by atoms with Crippen LogP contribution in [0.4, 0.5) is 5.82 Å². The molecule has 5 nitrogen and oxygen atoms in total. The van der Waals surface area contributed by atoms with Gasteiger partial charge in [-0.25, -0.2) is 4.98 Å². The summed E-state index contributed by atoms with van der Waals surface area (Å²) in [6, 6.07) is 2.21. The molecule has 2 rings (SSSR count). The summed E-state index contributed by atoms with van der Waals surface area (Å²) in [5.41, 5.74) is 8.43. The molecule has 1 aliphatic heterocycles. The van der Waals surface area contributed by atoms with E-state index in [9.17, 15) is 0 Å². The van der Waals surface area contributed by atoms with E-state index in [0.29, 0.717) is 6.61 Å². The first-order valence-electron chi connectivity index (χ1n) is 6.61. The Balaban J connectivity index is 2.50. The zero-order chi connectivity index (χ0) is 14.2. The molecule has 5 heteroatoms. The normalized spacial score (nSPS) is 23.5. The molecule has 0 amide bonds. The van der Waals surface area contributed by atoms with E-state index in [1.165, 1.54) is 0 Å². The van der Waals surface area contributed by atoms with E-state index in [4.69, 9.17) is 15.9 Å². The number of nitrogens with one attached hydrogen (secondary N) is 1. The SMILES string of the molecule is Cc1cc(C)c(C(=N)N)c(N2CC(C)OCC2C)n1. The van der Waals surface area contributed by atoms with Crippen molar-refractivity contribution in [3.8, 4) is 0 Å². The molecule has 3 N–H and O–H groups in total. The summed E-state index contributed by atoms with van der Waals surface area (Å²) in [5.74, 6) is 0.888. The average molecular weight is 262 g/mol. The first-order valence-corrected chi connectivity index (χ1v) is 6.61. The highest BCUT2D eigenvalue weighted by Crippen LogP contribution is 2.26. The quantitative estimate of drug-likeness (QED) is 0.627. The van der Waals surface area contributed by atoms with Gasteiger partial charge < -0.3 is 15.4 Å². The lowest BCUT2D eigenvalue weighted by Crippen LogP contribution is -2.48. The van der Waals surface area contributed by atoms with E-state index < -0.39 is 0 Å². The molecule has 0 radical (unpaired) electrons. The number of ether oxygens (including phenoxy) is 1. The lowest BCUT2D eigenvalue weighted by atomic mass is 10.1. The van der Waals surface area contributed by atoms with E-state index >= 15 is 0 Å². The van der Waals surface area contributed by atoms with Gasteiger partial charge in [0.25, 0.3) is 0 Å². The summed E-state index contributed by atoms with van der Waals surface area (Å²) in [5, 5.41) is 7.80. The fourth-order valence-corrected chi connectivity index (χ4v) is 2.56. The molecule has 2 heterocycles. The molecule has 0 aliphatic carbocycles. The van der Waals surface area contributed by atoms with E-state index in [-0.39, 0.29) is 18.0 Å². The Morgan fingerprint density at radius 3 is 2.79 bits per heavy atom. The van der Waals surface area contributed by atoms with Gasteiger partial charge in [0.05, 0.1) is 24.3 Å². The number of anilines is 1. The maximum Gasteiger partial charge on any atom is 0.140 e. The van der Waals surface area contributed by atoms with Gasteiger partial charge in [-0.15, -0.1) is 0 Å². The molecule has 2 unspecified atom stereocenters. The number of aromatic nitrogens is 1. The van der Waals surface area contributed by atoms with Crippen molar-refractivity contribution in [1.29, 1.82) is 5.41 Å². The smallest absolute Gasteiger partial charge is 0.140 e. The van der Waals surface area contributed by atoms with Gasteiger partial charge in [-0.2, -0.15) is 0 Å². The Bertz CT molecular complexity index is 500. The third kappa shape index (κ3) is 2.71. The second kappa shape index (κ2) is 5.17. The minimum atomic E-state index is 0.0753. The molecule has 19 heavy (non-hydrogen) atoms. The number of hydrogen-bond donors (Lipinski definition) is 2. The summed E-state index contributed by atoms with van der Waals surface area (Å²) in [7, 11) is 0. The molecular formula is C14H22N4O. The summed E-state index contributed by atoms with van der Waals surface area (Å²) >= 11 is 0. The number of hydrogen-bond acceptors (Lipinski definition) is 4. The Hall–Kier alpha value is -1.62. The lowest BCUT2D eigenvalue weighted by Gasteiger charge is -2.38. The summed E-state index contributed by atoms with van der Waals surface area (Å²) in [6.45, 7) is 9.55. The van der Waals surface area contributed by atoms with Crippen LogP contribution in [0.5, 0.6) is 0 Å². The Kier molecular flexibility index (Phi) is 3.75. The molecule has 1 fully saturated rings. The number of morpholine rings is 1. The molecule has 1 aromatic heterocycles. The fourth-order valence-electron chi connectivity index (χ4n) is 2.56. The molecular weight excluding hydrogens is 240 g/mol. The monoisotopic (exact) mass is 262 g/mol. The highest BCUT2D eigenvalue weighted by Gasteiger charge is 2.27. The highest BCUT2D eigenvalue weighted by atomic mass is 16.5. The van der Waals surface area contributed by atoms with Crippen molar-refractivity contribution in [2.24, 2.45) is 5.73 Å². The van der Waals surface area contributed by atoms with Crippen LogP contribution in [0.15, 0.2) is 6.07 Å². The minimum Gasteiger partial charge on any atom is -0.384 e. The van der Waals surface area contributed by atoms with Crippen molar-refractivity contribution in [3.05, 3.63) is 22.9 Å². The van der Waals surface area contributed by atoms with Crippen LogP contribution in [0.2, 0.25) is 0 Å². The topological polar surface area (TPSA) is 75.2 Å². The van der Waals surface area contributed by atoms with Gasteiger partial charge in [0.15, 0.2) is 0 Å². The second-order valence-corrected chi connectivity index (χ2v) is 5.34. The van der Waals surface area contributed by atoms with Crippen molar-refractivity contribution >= 4 is 11.7 Å². The second-order valence-electron chi connectivity index (χ2n) is 5.34. The number of rotatable bonds is 2. The van der Waals surface area contributed by atoms with Crippen molar-refractivity contribution in [3.63, 3.8) is 0 Å². The number of nitrogens with two attached hydrogens (primary N) is 1. The van der Waals surface area contributed by atoms with E-state index in [1.54, 1.807) is 0 Å². The van der Waals surface area contributed by atoms with Crippen LogP contribution in [0, 0.1) is 19.3 Å². The Morgan fingerprint density at radius 1 is 1.47 bits per heavy atom. The third-order valence-electron chi connectivity index (χ3n) is 3.47. The van der Waals surface area contributed by atoms with E-state index in [0.717, 1.165) is 29.2 Å². The number of nitrogen functional groups attached to an aromatic ring is 1. The van der Waals surface area contributed by atoms with Gasteiger partial charge in [0, 0.05) is 12.2 Å². The molecule has 2 atom stereocenters. The summed E-state index contributed by atoms with van der Waals surface area (Å²) < 4.78 is 5.65. The molecule has 104 valence electrons. The van der Waals surface area contributed by atoms with Crippen LogP contribution >= 0.6 is 0 Å². The standard InChI is InChI=1S/C14H22N4O/c1-8-5-9(2)17-14(12(8)13(15)16)18-6-11(4)19-7-10(18)3/h5,10-11H,6-7H2,1-4H3,(H3,15,16). The van der Waals surface area contributed by atoms with Gasteiger partial charge in [0.2, 0.25) is 0 Å². The fraction of sp³-hybridized carbons (Fsp3) is 0.571. The summed E-state index contributed by atoms with van der Waals surface area (Å²) in [6.07, 6.45) is 0.165. The van der Waals surface area contributed by atoms with E-state index in [2.05, 4.69) is 23.7 Å². The zero-order valence-corrected chi connectivity index (χ0v) is 12.0. The van der Waals surface area contributed by atoms with Crippen molar-refractivity contribution in [2.45, 2.75) is 39.8 Å². The molecule has 1 aliphatic rings. The molecule has 0 bridgehead atoms. The molecule has 0 saturated carbocycles. The van der Waals surface area contributed by atoms with Crippen LogP contribution in [0.3, 0.4) is 0 Å². The highest BCUT2D eigenvalue weighted by molar-refractivity contribution is 6.01.